The Bertz CT molecular complexity index is 906. The van der Waals surface area contributed by atoms with Crippen molar-refractivity contribution in [1.29, 1.82) is 0 Å². The van der Waals surface area contributed by atoms with Gasteiger partial charge in [0.05, 0.1) is 5.56 Å². The smallest absolute Gasteiger partial charge is 0.407 e. The van der Waals surface area contributed by atoms with E-state index in [2.05, 4.69) is 5.32 Å². The molecule has 0 aromatic heterocycles. The molecule has 0 heterocycles. The lowest BCUT2D eigenvalue weighted by Crippen LogP contribution is -2.23. The minimum absolute atomic E-state index is 0.200. The molecule has 0 radical (unpaired) electrons. The van der Waals surface area contributed by atoms with Crippen LogP contribution in [0.1, 0.15) is 21.5 Å². The maximum absolute atomic E-state index is 11.9. The van der Waals surface area contributed by atoms with Gasteiger partial charge in [0.2, 0.25) is 0 Å². The third kappa shape index (κ3) is 4.14. The average molecular weight is 335 g/mol. The Kier molecular flexibility index (Phi) is 4.95. The van der Waals surface area contributed by atoms with Crippen molar-refractivity contribution in [3.8, 4) is 0 Å². The van der Waals surface area contributed by atoms with E-state index in [0.717, 1.165) is 21.9 Å². The van der Waals surface area contributed by atoms with E-state index < -0.39 is 12.1 Å². The van der Waals surface area contributed by atoms with Crippen LogP contribution in [0.15, 0.2) is 66.7 Å². The van der Waals surface area contributed by atoms with Gasteiger partial charge >= 0.3 is 12.1 Å². The summed E-state index contributed by atoms with van der Waals surface area (Å²) in [6.45, 7) is 0.458. The highest BCUT2D eigenvalue weighted by molar-refractivity contribution is 5.95. The number of carboxylic acid groups (broad SMARTS) is 1. The predicted octanol–water partition coefficient (Wildman–Crippen LogP) is 3.96. The molecule has 0 atom stereocenters. The fourth-order valence-electron chi connectivity index (χ4n) is 2.57. The van der Waals surface area contributed by atoms with Crippen LogP contribution in [0.4, 0.5) is 4.79 Å². The standard InChI is InChI=1S/C20H17NO4/c22-19(23)16-10-9-15-7-4-8-17(18(15)11-16)12-21-20(24)25-13-14-5-2-1-3-6-14/h1-11H,12-13H2,(H,21,24)(H,22,23). The fraction of sp³-hybridized carbons (Fsp3) is 0.100. The number of amides is 1. The van der Waals surface area contributed by atoms with Crippen LogP contribution in [0.2, 0.25) is 0 Å². The molecule has 3 rings (SSSR count). The zero-order valence-corrected chi connectivity index (χ0v) is 13.4. The molecule has 5 heteroatoms. The monoisotopic (exact) mass is 335 g/mol. The summed E-state index contributed by atoms with van der Waals surface area (Å²) in [7, 11) is 0. The fourth-order valence-corrected chi connectivity index (χ4v) is 2.57. The first-order valence-corrected chi connectivity index (χ1v) is 7.83. The highest BCUT2D eigenvalue weighted by Crippen LogP contribution is 2.20. The molecule has 1 amide bonds. The van der Waals surface area contributed by atoms with Gasteiger partial charge in [-0.15, -0.1) is 0 Å². The second-order valence-electron chi connectivity index (χ2n) is 5.57. The van der Waals surface area contributed by atoms with Crippen LogP contribution in [0.25, 0.3) is 10.8 Å². The van der Waals surface area contributed by atoms with Gasteiger partial charge in [-0.05, 0) is 34.0 Å². The van der Waals surface area contributed by atoms with Gasteiger partial charge in [-0.3, -0.25) is 0 Å². The number of ether oxygens (including phenoxy) is 1. The molecule has 2 N–H and O–H groups in total. The molecular formula is C20H17NO4. The topological polar surface area (TPSA) is 75.6 Å². The molecule has 3 aromatic rings. The zero-order valence-electron chi connectivity index (χ0n) is 13.4. The Morgan fingerprint density at radius 2 is 1.76 bits per heavy atom. The third-order valence-corrected chi connectivity index (χ3v) is 3.86. The SMILES string of the molecule is O=C(NCc1cccc2ccc(C(=O)O)cc12)OCc1ccccc1. The number of benzene rings is 3. The highest BCUT2D eigenvalue weighted by atomic mass is 16.5. The van der Waals surface area contributed by atoms with Crippen LogP contribution in [0, 0.1) is 0 Å². The number of hydrogen-bond donors (Lipinski definition) is 2. The highest BCUT2D eigenvalue weighted by Gasteiger charge is 2.08. The summed E-state index contributed by atoms with van der Waals surface area (Å²) >= 11 is 0. The lowest BCUT2D eigenvalue weighted by atomic mass is 10.0. The van der Waals surface area contributed by atoms with Gasteiger partial charge in [-0.2, -0.15) is 0 Å². The number of aromatic carboxylic acids is 1. The van der Waals surface area contributed by atoms with E-state index in [0.29, 0.717) is 0 Å². The Morgan fingerprint density at radius 3 is 2.52 bits per heavy atom. The average Bonchev–Trinajstić information content (AvgIpc) is 2.65. The zero-order chi connectivity index (χ0) is 17.6. The van der Waals surface area contributed by atoms with Crippen LogP contribution in [-0.4, -0.2) is 17.2 Å². The van der Waals surface area contributed by atoms with Crippen molar-refractivity contribution in [1.82, 2.24) is 5.32 Å². The summed E-state index contributed by atoms with van der Waals surface area (Å²) in [6.07, 6.45) is -0.518. The lowest BCUT2D eigenvalue weighted by Gasteiger charge is -2.10. The van der Waals surface area contributed by atoms with Crippen LogP contribution in [0.5, 0.6) is 0 Å². The van der Waals surface area contributed by atoms with Crippen LogP contribution in [-0.2, 0) is 17.9 Å². The van der Waals surface area contributed by atoms with Crippen LogP contribution in [0.3, 0.4) is 0 Å². The molecule has 0 aliphatic rings. The first-order chi connectivity index (χ1) is 12.1. The van der Waals surface area contributed by atoms with Crippen LogP contribution < -0.4 is 5.32 Å². The quantitative estimate of drug-likeness (QED) is 0.740. The minimum atomic E-state index is -0.980. The van der Waals surface area contributed by atoms with Crippen molar-refractivity contribution in [3.63, 3.8) is 0 Å². The minimum Gasteiger partial charge on any atom is -0.478 e. The van der Waals surface area contributed by atoms with Gasteiger partial charge in [0.15, 0.2) is 0 Å². The normalized spacial score (nSPS) is 10.4. The molecule has 0 fully saturated rings. The molecule has 0 bridgehead atoms. The molecule has 5 nitrogen and oxygen atoms in total. The summed E-state index contributed by atoms with van der Waals surface area (Å²) in [5.41, 5.74) is 1.96. The van der Waals surface area contributed by atoms with Gasteiger partial charge < -0.3 is 15.2 Å². The van der Waals surface area contributed by atoms with E-state index in [1.54, 1.807) is 18.2 Å². The lowest BCUT2D eigenvalue weighted by molar-refractivity contribution is 0.0697. The Morgan fingerprint density at radius 1 is 0.960 bits per heavy atom. The first-order valence-electron chi connectivity index (χ1n) is 7.83. The molecule has 0 aliphatic heterocycles. The molecule has 3 aromatic carbocycles. The van der Waals surface area contributed by atoms with Crippen molar-refractivity contribution >= 4 is 22.8 Å². The second kappa shape index (κ2) is 7.49. The molecule has 0 saturated heterocycles. The number of carbonyl (C=O) groups excluding carboxylic acids is 1. The largest absolute Gasteiger partial charge is 0.478 e. The number of carbonyl (C=O) groups is 2. The Hall–Kier alpha value is -3.34. The maximum Gasteiger partial charge on any atom is 0.407 e. The van der Waals surface area contributed by atoms with Gasteiger partial charge in [-0.1, -0.05) is 54.6 Å². The molecule has 0 spiro atoms. The van der Waals surface area contributed by atoms with Crippen molar-refractivity contribution in [2.24, 2.45) is 0 Å². The van der Waals surface area contributed by atoms with Gasteiger partial charge in [0.1, 0.15) is 6.61 Å². The summed E-state index contributed by atoms with van der Waals surface area (Å²) in [5.74, 6) is -0.980. The summed E-state index contributed by atoms with van der Waals surface area (Å²) in [5, 5.41) is 13.6. The van der Waals surface area contributed by atoms with Crippen molar-refractivity contribution < 1.29 is 19.4 Å². The van der Waals surface area contributed by atoms with E-state index in [1.807, 2.05) is 48.5 Å². The van der Waals surface area contributed by atoms with Gasteiger partial charge in [0.25, 0.3) is 0 Å². The molecular weight excluding hydrogens is 318 g/mol. The summed E-state index contributed by atoms with van der Waals surface area (Å²) < 4.78 is 5.18. The molecule has 126 valence electrons. The van der Waals surface area contributed by atoms with Crippen molar-refractivity contribution in [2.75, 3.05) is 0 Å². The van der Waals surface area contributed by atoms with E-state index in [4.69, 9.17) is 9.84 Å². The van der Waals surface area contributed by atoms with E-state index in [9.17, 15) is 9.59 Å². The van der Waals surface area contributed by atoms with Crippen LogP contribution >= 0.6 is 0 Å². The molecule has 25 heavy (non-hydrogen) atoms. The number of rotatable bonds is 5. The van der Waals surface area contributed by atoms with E-state index in [-0.39, 0.29) is 18.7 Å². The van der Waals surface area contributed by atoms with Gasteiger partial charge in [0, 0.05) is 6.54 Å². The molecule has 0 saturated carbocycles. The number of fused-ring (bicyclic) bond motifs is 1. The number of nitrogens with one attached hydrogen (secondary N) is 1. The number of hydrogen-bond acceptors (Lipinski definition) is 3. The molecule has 0 unspecified atom stereocenters. The van der Waals surface area contributed by atoms with E-state index >= 15 is 0 Å². The van der Waals surface area contributed by atoms with Gasteiger partial charge in [-0.25, -0.2) is 9.59 Å². The van der Waals surface area contributed by atoms with Crippen molar-refractivity contribution in [2.45, 2.75) is 13.2 Å². The molecule has 0 aliphatic carbocycles. The van der Waals surface area contributed by atoms with Crippen molar-refractivity contribution in [3.05, 3.63) is 83.4 Å². The maximum atomic E-state index is 11.9. The van der Waals surface area contributed by atoms with E-state index in [1.165, 1.54) is 0 Å². The first kappa shape index (κ1) is 16.5. The Balaban J connectivity index is 1.67. The number of alkyl carbamates (subject to hydrolysis) is 1. The third-order valence-electron chi connectivity index (χ3n) is 3.86. The summed E-state index contributed by atoms with van der Waals surface area (Å²) in [4.78, 5) is 23.0. The summed E-state index contributed by atoms with van der Waals surface area (Å²) in [6, 6.07) is 20.0. The Labute approximate surface area is 144 Å². The number of carboxylic acids is 1. The second-order valence-corrected chi connectivity index (χ2v) is 5.57. The predicted molar refractivity (Wildman–Crippen MR) is 94.4 cm³/mol.